The summed E-state index contributed by atoms with van der Waals surface area (Å²) in [4.78, 5) is 10.7. The van der Waals surface area contributed by atoms with Crippen LogP contribution in [0.2, 0.25) is 0 Å². The Kier molecular flexibility index (Phi) is 18.8. The Morgan fingerprint density at radius 1 is 0.270 bits per heavy atom. The third kappa shape index (κ3) is 13.4. The maximum Gasteiger partial charge on any atom is 0.135 e. The van der Waals surface area contributed by atoms with E-state index in [4.69, 9.17) is 8.83 Å². The number of nitrogens with zero attached hydrogens (tertiary/aromatic N) is 1. The fourth-order valence-corrected chi connectivity index (χ4v) is 8.59. The van der Waals surface area contributed by atoms with Gasteiger partial charge in [-0.05, 0) is 125 Å². The maximum absolute atomic E-state index is 5.73. The number of rotatable bonds is 0. The number of para-hydroxylation sites is 4. The zero-order chi connectivity index (χ0) is 52.4. The van der Waals surface area contributed by atoms with Gasteiger partial charge < -0.3 is 18.8 Å². The monoisotopic (exact) mass is 972 g/mol. The van der Waals surface area contributed by atoms with Crippen molar-refractivity contribution in [3.8, 4) is 0 Å². The predicted octanol–water partition coefficient (Wildman–Crippen LogP) is 20.5. The molecule has 0 amide bonds. The first-order valence-electron chi connectivity index (χ1n) is 25.7. The second-order valence-electron chi connectivity index (χ2n) is 17.8. The van der Waals surface area contributed by atoms with Gasteiger partial charge in [0.1, 0.15) is 22.3 Å². The van der Waals surface area contributed by atoms with Gasteiger partial charge in [0, 0.05) is 77.6 Å². The van der Waals surface area contributed by atoms with Crippen LogP contribution >= 0.6 is 0 Å². The smallest absolute Gasteiger partial charge is 0.135 e. The van der Waals surface area contributed by atoms with E-state index in [1.54, 1.807) is 6.20 Å². The van der Waals surface area contributed by atoms with E-state index in [1.807, 2.05) is 114 Å². The minimum Gasteiger partial charge on any atom is -0.456 e. The molecule has 0 saturated heterocycles. The van der Waals surface area contributed by atoms with Gasteiger partial charge in [0.25, 0.3) is 0 Å². The molecule has 0 fully saturated rings. The normalized spacial score (nSPS) is 10.3. The zero-order valence-corrected chi connectivity index (χ0v) is 44.6. The van der Waals surface area contributed by atoms with Crippen molar-refractivity contribution in [3.63, 3.8) is 0 Å². The summed E-state index contributed by atoms with van der Waals surface area (Å²) in [5.74, 6) is 0. The van der Waals surface area contributed by atoms with E-state index in [9.17, 15) is 0 Å². The van der Waals surface area contributed by atoms with Gasteiger partial charge in [0.05, 0.1) is 0 Å². The van der Waals surface area contributed by atoms with E-state index in [2.05, 4.69) is 189 Å². The number of hydrogen-bond acceptors (Lipinski definition) is 3. The van der Waals surface area contributed by atoms with Crippen LogP contribution in [0.5, 0.6) is 0 Å². The highest BCUT2D eigenvalue weighted by molar-refractivity contribution is 6.09. The fourth-order valence-electron chi connectivity index (χ4n) is 8.59. The van der Waals surface area contributed by atoms with E-state index in [1.165, 1.54) is 98.5 Å². The van der Waals surface area contributed by atoms with Crippen LogP contribution < -0.4 is 0 Å². The molecule has 14 rings (SSSR count). The highest BCUT2D eigenvalue weighted by Gasteiger charge is 2.07. The first-order valence-corrected chi connectivity index (χ1v) is 25.7. The minimum atomic E-state index is 0.966. The molecule has 5 aromatic heterocycles. The topological polar surface area (TPSA) is 70.8 Å². The predicted molar refractivity (Wildman–Crippen MR) is 321 cm³/mol. The summed E-state index contributed by atoms with van der Waals surface area (Å²) < 4.78 is 11.4. The summed E-state index contributed by atoms with van der Waals surface area (Å²) in [6.45, 7) is 20.5. The molecule has 5 nitrogen and oxygen atoms in total. The highest BCUT2D eigenvalue weighted by Crippen LogP contribution is 2.31. The summed E-state index contributed by atoms with van der Waals surface area (Å²) in [5, 5.41) is 10.1. The molecule has 0 spiro atoms. The summed E-state index contributed by atoms with van der Waals surface area (Å²) >= 11 is 0. The minimum absolute atomic E-state index is 0.966. The third-order valence-electron chi connectivity index (χ3n) is 12.1. The van der Waals surface area contributed by atoms with Crippen LogP contribution in [0.3, 0.4) is 0 Å². The zero-order valence-electron chi connectivity index (χ0n) is 44.6. The molecule has 0 aliphatic heterocycles. The SMILES string of the molecule is CC.CC.Cc1ccc2[nH]c3ccccc3c2c1.Cc1ccc2c(c1)[nH]c1ccccc12.Cc1ccc2c(c1)oc1ccccc12.Cc1ccc2oc3ccccc3c2c1.Cc1ccccc1.Cc1cccnc1. The summed E-state index contributed by atoms with van der Waals surface area (Å²) in [6.07, 6.45) is 3.60. The van der Waals surface area contributed by atoms with Gasteiger partial charge in [-0.25, -0.2) is 0 Å². The van der Waals surface area contributed by atoms with Gasteiger partial charge in [-0.3, -0.25) is 4.98 Å². The number of H-pyrrole nitrogens is 2. The molecule has 0 radical (unpaired) electrons. The Labute approximate surface area is 436 Å². The molecular formula is C69H69N3O2. The van der Waals surface area contributed by atoms with Crippen molar-refractivity contribution in [2.45, 2.75) is 69.2 Å². The number of benzene rings is 9. The Morgan fingerprint density at radius 2 is 0.676 bits per heavy atom. The standard InChI is InChI=1S/2C13H11N.2C13H10O.C7H8.C6H7N.2C2H6/c1-9-6-7-13-11(8-9)10-4-2-3-5-12(10)14-13;1-9-6-7-11-10-4-2-3-5-12(10)14-13(11)8-9;1-9-6-7-13-11(8-9)10-4-2-3-5-12(10)14-13;1-9-6-7-11-10-4-2-3-5-12(10)14-13(11)8-9;1-7-5-3-2-4-6-7;1-6-3-2-4-7-5-6;2*1-2/h2*2-8,14H,1H3;2*2-8H,1H3;2-6H,1H3;2-5H,1H3;2*1-2H3. The molecule has 0 bridgehead atoms. The van der Waals surface area contributed by atoms with Gasteiger partial charge >= 0.3 is 0 Å². The second kappa shape index (κ2) is 26.1. The summed E-state index contributed by atoms with van der Waals surface area (Å²) in [5.41, 5.74) is 16.4. The highest BCUT2D eigenvalue weighted by atomic mass is 16.3. The third-order valence-corrected chi connectivity index (χ3v) is 12.1. The van der Waals surface area contributed by atoms with Gasteiger partial charge in [-0.1, -0.05) is 190 Å². The van der Waals surface area contributed by atoms with Crippen molar-refractivity contribution >= 4 is 87.5 Å². The van der Waals surface area contributed by atoms with Crippen LogP contribution in [0, 0.1) is 41.5 Å². The number of aromatic amines is 2. The molecule has 0 aliphatic carbocycles. The lowest BCUT2D eigenvalue weighted by Crippen LogP contribution is -1.70. The number of furan rings is 2. The van der Waals surface area contributed by atoms with Crippen molar-refractivity contribution < 1.29 is 8.83 Å². The van der Waals surface area contributed by atoms with Crippen LogP contribution in [-0.2, 0) is 0 Å². The van der Waals surface area contributed by atoms with Gasteiger partial charge in [0.15, 0.2) is 0 Å². The molecule has 9 aromatic carbocycles. The number of aromatic nitrogens is 3. The number of pyridine rings is 1. The largest absolute Gasteiger partial charge is 0.456 e. The molecule has 74 heavy (non-hydrogen) atoms. The van der Waals surface area contributed by atoms with E-state index in [-0.39, 0.29) is 0 Å². The van der Waals surface area contributed by atoms with Gasteiger partial charge in [0.2, 0.25) is 0 Å². The number of aryl methyl sites for hydroxylation is 6. The molecule has 5 heterocycles. The van der Waals surface area contributed by atoms with Crippen molar-refractivity contribution in [3.05, 3.63) is 258 Å². The maximum atomic E-state index is 5.73. The Morgan fingerprint density at radius 3 is 1.26 bits per heavy atom. The van der Waals surface area contributed by atoms with Gasteiger partial charge in [-0.15, -0.1) is 0 Å². The number of fused-ring (bicyclic) bond motifs is 12. The lowest BCUT2D eigenvalue weighted by molar-refractivity contribution is 0.668. The van der Waals surface area contributed by atoms with Crippen LogP contribution in [-0.4, -0.2) is 15.0 Å². The molecule has 0 unspecified atom stereocenters. The average molecular weight is 972 g/mol. The second-order valence-corrected chi connectivity index (χ2v) is 17.8. The first-order chi connectivity index (χ1) is 36.2. The molecule has 14 aromatic rings. The fraction of sp³-hybridized carbons (Fsp3) is 0.145. The lowest BCUT2D eigenvalue weighted by atomic mass is 10.1. The van der Waals surface area contributed by atoms with E-state index >= 15 is 0 Å². The molecule has 0 saturated carbocycles. The molecular weight excluding hydrogens is 903 g/mol. The van der Waals surface area contributed by atoms with Gasteiger partial charge in [-0.2, -0.15) is 0 Å². The van der Waals surface area contributed by atoms with Crippen molar-refractivity contribution in [2.24, 2.45) is 0 Å². The van der Waals surface area contributed by atoms with Crippen LogP contribution in [0.4, 0.5) is 0 Å². The van der Waals surface area contributed by atoms with E-state index in [0.29, 0.717) is 0 Å². The van der Waals surface area contributed by atoms with Crippen LogP contribution in [0.25, 0.3) is 87.5 Å². The molecule has 5 heteroatoms. The lowest BCUT2D eigenvalue weighted by Gasteiger charge is -1.92. The molecule has 372 valence electrons. The number of nitrogens with one attached hydrogen (secondary N) is 2. The Bertz CT molecular complexity index is 3700. The van der Waals surface area contributed by atoms with Crippen LogP contribution in [0.1, 0.15) is 61.1 Å². The number of hydrogen-bond donors (Lipinski definition) is 2. The van der Waals surface area contributed by atoms with Crippen molar-refractivity contribution in [1.82, 2.24) is 15.0 Å². The molecule has 0 atom stereocenters. The van der Waals surface area contributed by atoms with E-state index in [0.717, 1.165) is 22.3 Å². The first kappa shape index (κ1) is 53.1. The quantitative estimate of drug-likeness (QED) is 0.159. The molecule has 2 N–H and O–H groups in total. The van der Waals surface area contributed by atoms with Crippen molar-refractivity contribution in [2.75, 3.05) is 0 Å². The average Bonchev–Trinajstić information content (AvgIpc) is 4.21. The Hall–Kier alpha value is -8.67. The van der Waals surface area contributed by atoms with E-state index < -0.39 is 0 Å². The van der Waals surface area contributed by atoms with Crippen molar-refractivity contribution in [1.29, 1.82) is 0 Å². The molecule has 0 aliphatic rings. The summed E-state index contributed by atoms with van der Waals surface area (Å²) in [7, 11) is 0. The van der Waals surface area contributed by atoms with Crippen LogP contribution in [0.15, 0.2) is 234 Å². The Balaban J connectivity index is 0.000000130. The summed E-state index contributed by atoms with van der Waals surface area (Å²) in [6, 6.07) is 72.9.